The molecule has 0 aromatic carbocycles. The molecule has 4 aromatic heterocycles. The first-order chi connectivity index (χ1) is 27.5. The minimum atomic E-state index is -5.81. The van der Waals surface area contributed by atoms with Crippen molar-refractivity contribution in [1.82, 2.24) is 39.0 Å². The van der Waals surface area contributed by atoms with Crippen LogP contribution >= 0.6 is 15.6 Å². The lowest BCUT2D eigenvalue weighted by molar-refractivity contribution is -0.347. The number of ether oxygens (including phenoxy) is 2. The number of rotatable bonds is 14. The first-order valence-electron chi connectivity index (χ1n) is 18.8. The molecule has 6 rings (SSSR count). The van der Waals surface area contributed by atoms with Crippen LogP contribution in [-0.2, 0) is 41.0 Å². The fraction of sp³-hybridized carbons (Fsp3) is 0.688. The van der Waals surface area contributed by atoms with Crippen molar-refractivity contribution in [3.63, 3.8) is 0 Å². The Balaban J connectivity index is 1.35. The highest BCUT2D eigenvalue weighted by Crippen LogP contribution is 2.51. The molecule has 2 fully saturated rings. The molecule has 334 valence electrons. The predicted octanol–water partition coefficient (Wildman–Crippen LogP) is 0.776. The molecule has 6 heterocycles. The van der Waals surface area contributed by atoms with Gasteiger partial charge in [0.05, 0.1) is 33.7 Å². The van der Waals surface area contributed by atoms with Crippen molar-refractivity contribution in [2.24, 2.45) is 0 Å². The lowest BCUT2D eigenvalue weighted by Gasteiger charge is -2.42. The molecule has 0 aliphatic carbocycles. The van der Waals surface area contributed by atoms with Crippen LogP contribution in [0.25, 0.3) is 22.3 Å². The number of aliphatic hydroxyl groups excluding tert-OH is 1. The van der Waals surface area contributed by atoms with Crippen LogP contribution in [0.2, 0.25) is 36.3 Å². The molecule has 0 bridgehead atoms. The molecule has 4 aromatic rings. The zero-order valence-corrected chi connectivity index (χ0v) is 38.5. The number of phosphoric acid groups is 2. The maximum atomic E-state index is 14.0. The Bertz CT molecular complexity index is 2360. The lowest BCUT2D eigenvalue weighted by Crippen LogP contribution is -2.50. The number of hydrogen-bond donors (Lipinski definition) is 4. The summed E-state index contributed by atoms with van der Waals surface area (Å²) >= 11 is 0. The zero-order valence-electron chi connectivity index (χ0n) is 34.7. The van der Waals surface area contributed by atoms with Gasteiger partial charge in [-0.25, -0.2) is 19.9 Å². The fourth-order valence-corrected chi connectivity index (χ4v) is 10.4. The molecule has 0 radical (unpaired) electrons. The summed E-state index contributed by atoms with van der Waals surface area (Å²) in [6.07, 6.45) is -7.69. The number of aromatic amines is 1. The predicted molar refractivity (Wildman–Crippen MR) is 212 cm³/mol. The SMILES string of the molecule is CC(C)(C)[Si](C)(C)OC1C(OP(=O)([O-])OC[C@H]2O[C@@H](n3cnc4c(=O)[nH]c(N)nc43)C(OP(=O)([O-])[O-])C2O[Si](C)(C)C(C)(C)C)[C@@H](CO)O[C@H]1n1cnc2c(N)ncnc21. The van der Waals surface area contributed by atoms with Gasteiger partial charge in [0.25, 0.3) is 13.4 Å². The summed E-state index contributed by atoms with van der Waals surface area (Å²) in [6, 6.07) is 0. The summed E-state index contributed by atoms with van der Waals surface area (Å²) < 4.78 is 71.0. The maximum Gasteiger partial charge on any atom is 0.280 e. The molecule has 6 N–H and O–H groups in total. The molecule has 9 atom stereocenters. The summed E-state index contributed by atoms with van der Waals surface area (Å²) in [6.45, 7) is 17.6. The van der Waals surface area contributed by atoms with Crippen LogP contribution in [0.3, 0.4) is 0 Å². The maximum absolute atomic E-state index is 14.0. The van der Waals surface area contributed by atoms with Crippen LogP contribution in [0.15, 0.2) is 23.8 Å². The number of anilines is 2. The number of nitrogens with two attached hydrogens (primary N) is 2. The molecule has 2 aliphatic heterocycles. The van der Waals surface area contributed by atoms with Crippen LogP contribution in [-0.4, -0.2) is 111 Å². The van der Waals surface area contributed by atoms with E-state index in [1.807, 2.05) is 67.7 Å². The molecular formula is C32H51N10O14P2Si2-3. The standard InChI is InChI=1S/C32H54N10O14P2Si2/c1-31(2,3)59(7,8)55-21-17(52-28(22(21)53-57(45,46)47)42-15-38-19-26(42)39-30(34)40-27(19)44)12-50-58(48,49)54-20-16(11-43)51-29(23(20)56-60(9,10)32(4,5)6)41-14-37-18-24(33)35-13-36-25(18)41/h13-17,20-23,28-29,43H,11-12H2,1-10H3,(H,48,49)(H2,33,35,36)(H2,45,46,47)(H3,34,39,40,44)/p-3/t16-,17-,20?,21?,22?,23?,28-,29-/m1/s1. The highest BCUT2D eigenvalue weighted by atomic mass is 31.2. The van der Waals surface area contributed by atoms with E-state index in [0.717, 1.165) is 10.9 Å². The highest BCUT2D eigenvalue weighted by molar-refractivity contribution is 7.45. The average molecular weight is 918 g/mol. The number of aromatic nitrogens is 8. The normalized spacial score (nSPS) is 27.0. The van der Waals surface area contributed by atoms with Gasteiger partial charge in [0.15, 0.2) is 51.7 Å². The number of nitrogen functional groups attached to an aromatic ring is 2. The van der Waals surface area contributed by atoms with Crippen molar-refractivity contribution >= 4 is 66.4 Å². The Morgan fingerprint density at radius 2 is 1.35 bits per heavy atom. The number of fused-ring (bicyclic) bond motifs is 2. The van der Waals surface area contributed by atoms with Crippen LogP contribution in [0.5, 0.6) is 0 Å². The van der Waals surface area contributed by atoms with Gasteiger partial charge in [0, 0.05) is 0 Å². The molecule has 5 unspecified atom stereocenters. The van der Waals surface area contributed by atoms with Gasteiger partial charge in [-0.3, -0.25) is 23.5 Å². The number of imidazole rings is 2. The Morgan fingerprint density at radius 3 is 1.93 bits per heavy atom. The fourth-order valence-electron chi connectivity index (χ4n) is 6.37. The highest BCUT2D eigenvalue weighted by Gasteiger charge is 2.55. The van der Waals surface area contributed by atoms with Gasteiger partial charge in [-0.05, 0) is 36.3 Å². The summed E-state index contributed by atoms with van der Waals surface area (Å²) in [4.78, 5) is 74.2. The summed E-state index contributed by atoms with van der Waals surface area (Å²) in [5.41, 5.74) is 11.2. The molecule has 0 amide bonds. The molecule has 2 saturated heterocycles. The Morgan fingerprint density at radius 1 is 0.800 bits per heavy atom. The molecule has 0 spiro atoms. The smallest absolute Gasteiger partial charge is 0.280 e. The van der Waals surface area contributed by atoms with Gasteiger partial charge < -0.3 is 67.7 Å². The zero-order chi connectivity index (χ0) is 44.5. The summed E-state index contributed by atoms with van der Waals surface area (Å²) in [5.74, 6) is -0.221. The first-order valence-corrected chi connectivity index (χ1v) is 27.5. The number of H-pyrrole nitrogens is 1. The molecule has 28 heteroatoms. The number of aliphatic hydroxyl groups is 1. The van der Waals surface area contributed by atoms with Gasteiger partial charge in [-0.15, -0.1) is 0 Å². The Hall–Kier alpha value is -3.05. The minimum absolute atomic E-state index is 0.0889. The molecule has 24 nitrogen and oxygen atoms in total. The van der Waals surface area contributed by atoms with Crippen molar-refractivity contribution in [3.8, 4) is 0 Å². The third kappa shape index (κ3) is 9.33. The topological polar surface area (TPSA) is 347 Å². The number of nitrogens with zero attached hydrogens (tertiary/aromatic N) is 7. The van der Waals surface area contributed by atoms with Crippen molar-refractivity contribution in [1.29, 1.82) is 0 Å². The lowest BCUT2D eigenvalue weighted by atomic mass is 10.1. The van der Waals surface area contributed by atoms with E-state index in [9.17, 15) is 33.7 Å². The van der Waals surface area contributed by atoms with Crippen LogP contribution in [0.1, 0.15) is 54.0 Å². The van der Waals surface area contributed by atoms with Crippen molar-refractivity contribution < 1.29 is 60.8 Å². The van der Waals surface area contributed by atoms with Crippen molar-refractivity contribution in [2.45, 2.75) is 127 Å². The Kier molecular flexibility index (Phi) is 12.6. The van der Waals surface area contributed by atoms with Gasteiger partial charge >= 0.3 is 0 Å². The second kappa shape index (κ2) is 16.3. The molecule has 2 aliphatic rings. The number of hydrogen-bond acceptors (Lipinski definition) is 21. The molecule has 0 saturated carbocycles. The van der Waals surface area contributed by atoms with Crippen LogP contribution < -0.4 is 31.7 Å². The number of phosphoric ester groups is 2. The van der Waals surface area contributed by atoms with E-state index in [2.05, 4.69) is 29.9 Å². The number of nitrogens with one attached hydrogen (secondary N) is 1. The molecular weight excluding hydrogens is 867 g/mol. The average Bonchev–Trinajstić information content (AvgIpc) is 3.87. The molecule has 60 heavy (non-hydrogen) atoms. The van der Waals surface area contributed by atoms with E-state index in [-0.39, 0.29) is 39.1 Å². The summed E-state index contributed by atoms with van der Waals surface area (Å²) in [5, 5.41) is 9.64. The van der Waals surface area contributed by atoms with Crippen molar-refractivity contribution in [3.05, 3.63) is 29.3 Å². The van der Waals surface area contributed by atoms with Crippen LogP contribution in [0.4, 0.5) is 11.8 Å². The quantitative estimate of drug-likeness (QED) is 0.100. The van der Waals surface area contributed by atoms with E-state index < -0.39 is 105 Å². The third-order valence-electron chi connectivity index (χ3n) is 11.5. The second-order valence-electron chi connectivity index (χ2n) is 17.7. The third-order valence-corrected chi connectivity index (χ3v) is 21.9. The van der Waals surface area contributed by atoms with Gasteiger partial charge in [0.2, 0.25) is 5.95 Å². The van der Waals surface area contributed by atoms with Gasteiger partial charge in [-0.2, -0.15) is 4.98 Å². The van der Waals surface area contributed by atoms with E-state index in [1.165, 1.54) is 17.2 Å². The van der Waals surface area contributed by atoms with Gasteiger partial charge in [0.1, 0.15) is 48.5 Å². The monoisotopic (exact) mass is 917 g/mol. The van der Waals surface area contributed by atoms with E-state index in [4.69, 9.17) is 43.4 Å². The Labute approximate surface area is 346 Å². The largest absolute Gasteiger partial charge is 0.790 e. The summed E-state index contributed by atoms with van der Waals surface area (Å²) in [7, 11) is -17.0. The van der Waals surface area contributed by atoms with E-state index in [1.54, 1.807) is 0 Å². The minimum Gasteiger partial charge on any atom is -0.790 e. The second-order valence-corrected chi connectivity index (χ2v) is 29.7. The van der Waals surface area contributed by atoms with Crippen LogP contribution in [0, 0.1) is 0 Å². The first kappa shape index (κ1) is 46.5. The van der Waals surface area contributed by atoms with E-state index in [0.29, 0.717) is 0 Å². The van der Waals surface area contributed by atoms with Crippen molar-refractivity contribution in [2.75, 3.05) is 24.7 Å². The van der Waals surface area contributed by atoms with E-state index >= 15 is 0 Å². The van der Waals surface area contributed by atoms with Gasteiger partial charge in [-0.1, -0.05) is 41.5 Å².